The second kappa shape index (κ2) is 20.0. The number of nitrogens with one attached hydrogen (secondary N) is 6. The monoisotopic (exact) mass is 759 g/mol. The lowest BCUT2D eigenvalue weighted by molar-refractivity contribution is -0.142. The van der Waals surface area contributed by atoms with Crippen LogP contribution in [-0.2, 0) is 36.8 Å². The number of rotatable bonds is 21. The van der Waals surface area contributed by atoms with Crippen molar-refractivity contribution in [1.29, 1.82) is 0 Å². The number of aliphatic imine (C=N–C) groups is 2. The topological polar surface area (TPSA) is 340 Å². The number of nitrogens with two attached hydrogens (primary N) is 5. The van der Waals surface area contributed by atoms with Crippen LogP contribution in [0.1, 0.15) is 36.8 Å². The molecule has 4 atom stereocenters. The van der Waals surface area contributed by atoms with E-state index in [1.165, 1.54) is 0 Å². The average Bonchev–Trinajstić information content (AvgIpc) is 3.76. The van der Waals surface area contributed by atoms with Gasteiger partial charge in [-0.3, -0.25) is 29.2 Å². The molecule has 4 rings (SSSR count). The Morgan fingerprint density at radius 2 is 1.15 bits per heavy atom. The van der Waals surface area contributed by atoms with Gasteiger partial charge in [-0.2, -0.15) is 0 Å². The fourth-order valence-corrected chi connectivity index (χ4v) is 5.96. The van der Waals surface area contributed by atoms with Crippen LogP contribution in [0.2, 0.25) is 0 Å². The molecule has 2 aromatic heterocycles. The van der Waals surface area contributed by atoms with Crippen molar-refractivity contribution in [3.05, 3.63) is 72.1 Å². The molecule has 0 aliphatic rings. The summed E-state index contributed by atoms with van der Waals surface area (Å²) >= 11 is 0. The third kappa shape index (κ3) is 12.5. The molecule has 0 aliphatic heterocycles. The summed E-state index contributed by atoms with van der Waals surface area (Å²) in [6, 6.07) is 10.2. The standard InChI is InChI=1S/C36H49N13O6/c37-24(9-5-13-42-35(38)39)31(51)49-28(15-20-17-44-25-10-3-1-7-22(20)25)32(52)46-19-30(50)47-29(16-21-18-45-26-11-4-2-8-23(21)26)33(53)48-27(34(54)55)12-6-14-43-36(40)41/h1-4,7-8,10-11,17-18,24,27-29,44-45H,5-6,9,12-16,19,37H2,(H,46,52)(H,47,50)(H,48,53)(H,49,51)(H,54,55)(H4,38,39,42)(H4,40,41,43). The van der Waals surface area contributed by atoms with Gasteiger partial charge in [0.2, 0.25) is 23.6 Å². The Hall–Kier alpha value is -6.63. The summed E-state index contributed by atoms with van der Waals surface area (Å²) in [6.45, 7) is -0.139. The lowest BCUT2D eigenvalue weighted by Crippen LogP contribution is -2.56. The number of carboxylic acid groups (broad SMARTS) is 1. The number of aliphatic carboxylic acids is 1. The Morgan fingerprint density at radius 1 is 0.655 bits per heavy atom. The zero-order valence-corrected chi connectivity index (χ0v) is 30.2. The largest absolute Gasteiger partial charge is 0.480 e. The quantitative estimate of drug-likeness (QED) is 0.0264. The highest BCUT2D eigenvalue weighted by Crippen LogP contribution is 2.21. The minimum Gasteiger partial charge on any atom is -0.480 e. The highest BCUT2D eigenvalue weighted by atomic mass is 16.4. The van der Waals surface area contributed by atoms with Gasteiger partial charge in [-0.15, -0.1) is 0 Å². The molecule has 0 aliphatic carbocycles. The molecule has 4 aromatic rings. The lowest BCUT2D eigenvalue weighted by Gasteiger charge is -2.23. The second-order valence-corrected chi connectivity index (χ2v) is 12.9. The predicted molar refractivity (Wildman–Crippen MR) is 208 cm³/mol. The van der Waals surface area contributed by atoms with Crippen molar-refractivity contribution in [3.63, 3.8) is 0 Å². The Kier molecular flexibility index (Phi) is 15.0. The molecule has 2 aromatic carbocycles. The van der Waals surface area contributed by atoms with Crippen LogP contribution in [0.4, 0.5) is 0 Å². The maximum Gasteiger partial charge on any atom is 0.326 e. The Labute approximate surface area is 316 Å². The molecule has 0 fully saturated rings. The Morgan fingerprint density at radius 3 is 1.67 bits per heavy atom. The van der Waals surface area contributed by atoms with E-state index in [1.54, 1.807) is 12.4 Å². The number of aromatic nitrogens is 2. The number of carbonyl (C=O) groups is 5. The second-order valence-electron chi connectivity index (χ2n) is 12.9. The van der Waals surface area contributed by atoms with Crippen LogP contribution in [0.15, 0.2) is 70.9 Å². The van der Waals surface area contributed by atoms with Crippen LogP contribution in [-0.4, -0.2) is 100 Å². The zero-order chi connectivity index (χ0) is 39.9. The number of hydrogen-bond donors (Lipinski definition) is 12. The number of benzene rings is 2. The van der Waals surface area contributed by atoms with Crippen molar-refractivity contribution < 1.29 is 29.1 Å². The first kappa shape index (κ1) is 41.1. The number of guanidine groups is 2. The molecule has 0 bridgehead atoms. The van der Waals surface area contributed by atoms with Crippen molar-refractivity contribution in [1.82, 2.24) is 31.2 Å². The van der Waals surface area contributed by atoms with Crippen LogP contribution in [0.5, 0.6) is 0 Å². The van der Waals surface area contributed by atoms with E-state index in [9.17, 15) is 29.1 Å². The normalized spacial score (nSPS) is 13.2. The summed E-state index contributed by atoms with van der Waals surface area (Å²) in [4.78, 5) is 79.8. The molecule has 294 valence electrons. The number of hydrogen-bond acceptors (Lipinski definition) is 8. The third-order valence-electron chi connectivity index (χ3n) is 8.77. The fourth-order valence-electron chi connectivity index (χ4n) is 5.96. The van der Waals surface area contributed by atoms with E-state index in [0.717, 1.165) is 27.4 Å². The zero-order valence-electron chi connectivity index (χ0n) is 30.2. The minimum atomic E-state index is -1.30. The molecule has 0 radical (unpaired) electrons. The van der Waals surface area contributed by atoms with Gasteiger partial charge in [-0.25, -0.2) is 4.79 Å². The van der Waals surface area contributed by atoms with E-state index in [0.29, 0.717) is 12.0 Å². The minimum absolute atomic E-state index is 0.00378. The van der Waals surface area contributed by atoms with E-state index in [4.69, 9.17) is 28.7 Å². The van der Waals surface area contributed by atoms with Gasteiger partial charge in [0.05, 0.1) is 12.6 Å². The van der Waals surface area contributed by atoms with Crippen LogP contribution in [0.3, 0.4) is 0 Å². The molecular weight excluding hydrogens is 710 g/mol. The number of H-pyrrole nitrogens is 2. The molecule has 55 heavy (non-hydrogen) atoms. The highest BCUT2D eigenvalue weighted by Gasteiger charge is 2.29. The van der Waals surface area contributed by atoms with Crippen molar-refractivity contribution in [2.45, 2.75) is 62.7 Å². The Balaban J connectivity index is 1.47. The number of fused-ring (bicyclic) bond motifs is 2. The van der Waals surface area contributed by atoms with E-state index in [2.05, 4.69) is 41.2 Å². The van der Waals surface area contributed by atoms with Gasteiger partial charge in [0, 0.05) is 60.1 Å². The molecular formula is C36H49N13O6. The number of carbonyl (C=O) groups excluding carboxylic acids is 4. The smallest absolute Gasteiger partial charge is 0.326 e. The SMILES string of the molecule is NC(N)=NCCCC(N)C(=O)NC(Cc1c[nH]c2ccccc12)C(=O)NCC(=O)NC(Cc1c[nH]c2ccccc12)C(=O)NC(CCCN=C(N)N)C(=O)O. The fraction of sp³-hybridized carbons (Fsp3) is 0.361. The molecule has 19 nitrogen and oxygen atoms in total. The number of nitrogens with zero attached hydrogens (tertiary/aromatic N) is 2. The van der Waals surface area contributed by atoms with Crippen LogP contribution >= 0.6 is 0 Å². The van der Waals surface area contributed by atoms with E-state index in [-0.39, 0.29) is 57.1 Å². The van der Waals surface area contributed by atoms with Crippen LogP contribution < -0.4 is 49.9 Å². The summed E-state index contributed by atoms with van der Waals surface area (Å²) in [5.74, 6) is -4.25. The number of para-hydroxylation sites is 2. The number of aromatic amines is 2. The molecule has 17 N–H and O–H groups in total. The summed E-state index contributed by atoms with van der Waals surface area (Å²) < 4.78 is 0. The Bertz CT molecular complexity index is 2010. The van der Waals surface area contributed by atoms with Gasteiger partial charge in [0.15, 0.2) is 11.9 Å². The van der Waals surface area contributed by atoms with Gasteiger partial charge in [-0.05, 0) is 48.9 Å². The summed E-state index contributed by atoms with van der Waals surface area (Å²) in [5, 5.41) is 21.9. The van der Waals surface area contributed by atoms with Gasteiger partial charge < -0.3 is 65.0 Å². The molecule has 4 amide bonds. The maximum atomic E-state index is 13.6. The third-order valence-corrected chi connectivity index (χ3v) is 8.77. The summed E-state index contributed by atoms with van der Waals surface area (Å²) in [6.07, 6.45) is 4.44. The lowest BCUT2D eigenvalue weighted by atomic mass is 10.0. The number of carboxylic acids is 1. The van der Waals surface area contributed by atoms with Crippen LogP contribution in [0, 0.1) is 0 Å². The predicted octanol–water partition coefficient (Wildman–Crippen LogP) is -1.48. The number of amides is 4. The van der Waals surface area contributed by atoms with Crippen molar-refractivity contribution >= 4 is 63.3 Å². The highest BCUT2D eigenvalue weighted by molar-refractivity contribution is 5.95. The van der Waals surface area contributed by atoms with Crippen LogP contribution in [0.25, 0.3) is 21.8 Å². The maximum absolute atomic E-state index is 13.6. The van der Waals surface area contributed by atoms with Crippen molar-refractivity contribution in [2.24, 2.45) is 38.7 Å². The summed E-state index contributed by atoms with van der Waals surface area (Å²) in [5.41, 5.74) is 30.6. The molecule has 19 heteroatoms. The van der Waals surface area contributed by atoms with Gasteiger partial charge in [-0.1, -0.05) is 36.4 Å². The van der Waals surface area contributed by atoms with E-state index >= 15 is 0 Å². The molecule has 2 heterocycles. The van der Waals surface area contributed by atoms with Gasteiger partial charge in [0.25, 0.3) is 0 Å². The molecule has 0 spiro atoms. The van der Waals surface area contributed by atoms with Gasteiger partial charge in [0.1, 0.15) is 18.1 Å². The van der Waals surface area contributed by atoms with Gasteiger partial charge >= 0.3 is 5.97 Å². The van der Waals surface area contributed by atoms with E-state index in [1.807, 2.05) is 48.5 Å². The first-order valence-electron chi connectivity index (χ1n) is 17.7. The molecule has 0 saturated heterocycles. The average molecular weight is 760 g/mol. The first-order valence-corrected chi connectivity index (χ1v) is 17.7. The first-order chi connectivity index (χ1) is 26.3. The summed E-state index contributed by atoms with van der Waals surface area (Å²) in [7, 11) is 0. The van der Waals surface area contributed by atoms with Crippen molar-refractivity contribution in [3.8, 4) is 0 Å². The molecule has 0 saturated carbocycles. The van der Waals surface area contributed by atoms with E-state index < -0.39 is 60.3 Å². The van der Waals surface area contributed by atoms with Crippen molar-refractivity contribution in [2.75, 3.05) is 19.6 Å². The molecule has 4 unspecified atom stereocenters.